The number of amidine groups is 1. The fraction of sp³-hybridized carbons (Fsp3) is 0.211. The molecular formula is C19H21FN6. The van der Waals surface area contributed by atoms with Gasteiger partial charge in [0.15, 0.2) is 0 Å². The number of aryl methyl sites for hydroxylation is 1. The van der Waals surface area contributed by atoms with Gasteiger partial charge in [0.05, 0.1) is 19.0 Å². The van der Waals surface area contributed by atoms with Gasteiger partial charge in [0, 0.05) is 5.56 Å². The van der Waals surface area contributed by atoms with Crippen LogP contribution in [0.5, 0.6) is 0 Å². The molecule has 7 heteroatoms. The molecule has 2 aromatic carbocycles. The van der Waals surface area contributed by atoms with Gasteiger partial charge in [0.2, 0.25) is 5.96 Å². The van der Waals surface area contributed by atoms with Crippen LogP contribution in [0.2, 0.25) is 0 Å². The lowest BCUT2D eigenvalue weighted by Crippen LogP contribution is -2.30. The smallest absolute Gasteiger partial charge is 0.209 e. The predicted octanol–water partition coefficient (Wildman–Crippen LogP) is 2.65. The average Bonchev–Trinajstić information content (AvgIpc) is 2.65. The molecule has 0 atom stereocenters. The van der Waals surface area contributed by atoms with Crippen LogP contribution in [0.15, 0.2) is 52.6 Å². The summed E-state index contributed by atoms with van der Waals surface area (Å²) in [6.07, 6.45) is 0.858. The van der Waals surface area contributed by atoms with Crippen molar-refractivity contribution in [2.75, 3.05) is 0 Å². The molecule has 0 aromatic heterocycles. The Labute approximate surface area is 152 Å². The summed E-state index contributed by atoms with van der Waals surface area (Å²) >= 11 is 0. The second-order valence-corrected chi connectivity index (χ2v) is 5.57. The minimum atomic E-state index is -0.350. The van der Waals surface area contributed by atoms with Crippen LogP contribution in [0.25, 0.3) is 11.1 Å². The molecule has 0 bridgehead atoms. The molecule has 0 unspecified atom stereocenters. The third-order valence-electron chi connectivity index (χ3n) is 3.76. The topological polar surface area (TPSA) is 113 Å². The molecule has 0 aliphatic carbocycles. The highest BCUT2D eigenvalue weighted by molar-refractivity contribution is 5.85. The number of guanidine groups is 1. The van der Waals surface area contributed by atoms with Crippen molar-refractivity contribution < 1.29 is 4.39 Å². The molecule has 2 rings (SSSR count). The highest BCUT2D eigenvalue weighted by Gasteiger charge is 2.08. The first kappa shape index (κ1) is 18.9. The Morgan fingerprint density at radius 3 is 2.65 bits per heavy atom. The average molecular weight is 352 g/mol. The molecule has 0 amide bonds. The molecule has 0 radical (unpaired) electrons. The first-order valence-corrected chi connectivity index (χ1v) is 8.16. The van der Waals surface area contributed by atoms with E-state index in [1.807, 2.05) is 36.4 Å². The van der Waals surface area contributed by atoms with Gasteiger partial charge < -0.3 is 11.5 Å². The van der Waals surface area contributed by atoms with Crippen LogP contribution in [-0.2, 0) is 13.0 Å². The zero-order valence-electron chi connectivity index (χ0n) is 14.5. The molecular weight excluding hydrogens is 331 g/mol. The maximum absolute atomic E-state index is 14.4. The van der Waals surface area contributed by atoms with Gasteiger partial charge in [-0.25, -0.2) is 14.8 Å². The standard InChI is InChI=1S/C19H21FN6/c1-2-13-5-3-4-6-16(13)14-7-8-15(17(20)11-14)12-24-19(23)26-25-18(22)9-10-21/h3-8,11H,2,9,12H2,1H3,(H2,22,25)(H3,23,24,26). The number of hydrogen-bond donors (Lipinski definition) is 3. The van der Waals surface area contributed by atoms with Crippen molar-refractivity contribution in [1.82, 2.24) is 5.43 Å². The van der Waals surface area contributed by atoms with Crippen LogP contribution in [-0.4, -0.2) is 11.8 Å². The van der Waals surface area contributed by atoms with Crippen molar-refractivity contribution in [3.63, 3.8) is 0 Å². The van der Waals surface area contributed by atoms with Crippen LogP contribution >= 0.6 is 0 Å². The Kier molecular flexibility index (Phi) is 6.68. The van der Waals surface area contributed by atoms with Gasteiger partial charge >= 0.3 is 0 Å². The highest BCUT2D eigenvalue weighted by Crippen LogP contribution is 2.26. The van der Waals surface area contributed by atoms with E-state index in [0.29, 0.717) is 5.56 Å². The van der Waals surface area contributed by atoms with Crippen LogP contribution in [0.4, 0.5) is 4.39 Å². The van der Waals surface area contributed by atoms with Crippen LogP contribution < -0.4 is 16.9 Å². The molecule has 134 valence electrons. The van der Waals surface area contributed by atoms with Gasteiger partial charge in [-0.15, -0.1) is 0 Å². The van der Waals surface area contributed by atoms with E-state index in [-0.39, 0.29) is 30.6 Å². The summed E-state index contributed by atoms with van der Waals surface area (Å²) in [5, 5.41) is 12.2. The number of benzene rings is 2. The van der Waals surface area contributed by atoms with E-state index in [1.165, 1.54) is 11.6 Å². The summed E-state index contributed by atoms with van der Waals surface area (Å²) in [6, 6.07) is 14.9. The molecule has 26 heavy (non-hydrogen) atoms. The molecule has 0 heterocycles. The third kappa shape index (κ3) is 5.05. The fourth-order valence-corrected chi connectivity index (χ4v) is 2.41. The normalized spacial score (nSPS) is 11.9. The van der Waals surface area contributed by atoms with Crippen molar-refractivity contribution in [3.8, 4) is 17.2 Å². The Bertz CT molecular complexity index is 867. The Hall–Kier alpha value is -3.40. The van der Waals surface area contributed by atoms with Gasteiger partial charge in [-0.2, -0.15) is 10.4 Å². The summed E-state index contributed by atoms with van der Waals surface area (Å²) in [6.45, 7) is 2.13. The highest BCUT2D eigenvalue weighted by atomic mass is 19.1. The van der Waals surface area contributed by atoms with Gasteiger partial charge in [-0.1, -0.05) is 43.3 Å². The first-order chi connectivity index (χ1) is 12.5. The fourth-order valence-electron chi connectivity index (χ4n) is 2.41. The zero-order chi connectivity index (χ0) is 18.9. The number of rotatable bonds is 6. The van der Waals surface area contributed by atoms with Crippen LogP contribution in [0.1, 0.15) is 24.5 Å². The van der Waals surface area contributed by atoms with Crippen LogP contribution in [0.3, 0.4) is 0 Å². The minimum Gasteiger partial charge on any atom is -0.385 e. The van der Waals surface area contributed by atoms with Crippen molar-refractivity contribution >= 4 is 11.8 Å². The van der Waals surface area contributed by atoms with Crippen molar-refractivity contribution in [2.24, 2.45) is 21.6 Å². The van der Waals surface area contributed by atoms with E-state index in [4.69, 9.17) is 16.7 Å². The largest absolute Gasteiger partial charge is 0.385 e. The molecule has 0 saturated heterocycles. The molecule has 0 aliphatic rings. The molecule has 2 aromatic rings. The van der Waals surface area contributed by atoms with Gasteiger partial charge in [-0.05, 0) is 29.2 Å². The molecule has 0 aliphatic heterocycles. The quantitative estimate of drug-likeness (QED) is 0.421. The van der Waals surface area contributed by atoms with E-state index in [2.05, 4.69) is 22.4 Å². The Morgan fingerprint density at radius 2 is 1.96 bits per heavy atom. The molecule has 0 fully saturated rings. The van der Waals surface area contributed by atoms with E-state index in [0.717, 1.165) is 17.5 Å². The minimum absolute atomic E-state index is 0.00862. The zero-order valence-corrected chi connectivity index (χ0v) is 14.5. The Morgan fingerprint density at radius 1 is 1.19 bits per heavy atom. The molecule has 0 saturated carbocycles. The number of nitrogens with one attached hydrogen (secondary N) is 1. The van der Waals surface area contributed by atoms with E-state index >= 15 is 0 Å². The second-order valence-electron chi connectivity index (χ2n) is 5.57. The number of hydrogen-bond acceptors (Lipinski definition) is 3. The predicted molar refractivity (Wildman–Crippen MR) is 102 cm³/mol. The lowest BCUT2D eigenvalue weighted by atomic mass is 9.97. The second kappa shape index (κ2) is 9.18. The number of halogens is 1. The third-order valence-corrected chi connectivity index (χ3v) is 3.76. The van der Waals surface area contributed by atoms with Crippen molar-refractivity contribution in [2.45, 2.75) is 26.3 Å². The lowest BCUT2D eigenvalue weighted by Gasteiger charge is -2.09. The number of aliphatic imine (C=N–C) groups is 1. The summed E-state index contributed by atoms with van der Waals surface area (Å²) in [7, 11) is 0. The molecule has 0 spiro atoms. The monoisotopic (exact) mass is 352 g/mol. The number of nitriles is 1. The first-order valence-electron chi connectivity index (χ1n) is 8.16. The van der Waals surface area contributed by atoms with E-state index in [1.54, 1.807) is 6.07 Å². The van der Waals surface area contributed by atoms with Crippen LogP contribution in [0, 0.1) is 17.1 Å². The van der Waals surface area contributed by atoms with E-state index < -0.39 is 0 Å². The van der Waals surface area contributed by atoms with Crippen molar-refractivity contribution in [1.29, 1.82) is 5.26 Å². The molecule has 5 N–H and O–H groups in total. The number of nitrogens with zero attached hydrogens (tertiary/aromatic N) is 3. The maximum Gasteiger partial charge on any atom is 0.209 e. The van der Waals surface area contributed by atoms with Gasteiger partial charge in [0.1, 0.15) is 11.7 Å². The van der Waals surface area contributed by atoms with Gasteiger partial charge in [0.25, 0.3) is 0 Å². The summed E-state index contributed by atoms with van der Waals surface area (Å²) in [4.78, 5) is 4.02. The lowest BCUT2D eigenvalue weighted by molar-refractivity contribution is 0.611. The Balaban J connectivity index is 2.12. The van der Waals surface area contributed by atoms with Crippen molar-refractivity contribution in [3.05, 3.63) is 59.4 Å². The van der Waals surface area contributed by atoms with Gasteiger partial charge in [-0.3, -0.25) is 0 Å². The number of hydrazone groups is 1. The number of nitrogens with two attached hydrogens (primary N) is 2. The summed E-state index contributed by atoms with van der Waals surface area (Å²) < 4.78 is 14.4. The SMILES string of the molecule is CCc1ccccc1-c1ccc(CN=C(N)N/N=C(\N)CC#N)c(F)c1. The summed E-state index contributed by atoms with van der Waals surface area (Å²) in [5.74, 6) is -0.265. The summed E-state index contributed by atoms with van der Waals surface area (Å²) in [5.41, 5.74) is 17.0. The molecule has 6 nitrogen and oxygen atoms in total. The maximum atomic E-state index is 14.4. The van der Waals surface area contributed by atoms with E-state index in [9.17, 15) is 4.39 Å².